The molecule has 2 aromatic rings. The molecule has 0 atom stereocenters. The van der Waals surface area contributed by atoms with Gasteiger partial charge in [0, 0.05) is 25.0 Å². The molecule has 4 nitrogen and oxygen atoms in total. The van der Waals surface area contributed by atoms with Crippen LogP contribution in [0.4, 0.5) is 0 Å². The van der Waals surface area contributed by atoms with Gasteiger partial charge in [0.2, 0.25) is 0 Å². The van der Waals surface area contributed by atoms with Gasteiger partial charge in [0.1, 0.15) is 5.75 Å². The topological polar surface area (TPSA) is 39.9 Å². The van der Waals surface area contributed by atoms with Gasteiger partial charge in [-0.05, 0) is 25.0 Å². The summed E-state index contributed by atoms with van der Waals surface area (Å²) in [5.74, 6) is 1.57. The van der Waals surface area contributed by atoms with E-state index in [4.69, 9.17) is 16.3 Å². The van der Waals surface area contributed by atoms with Crippen LogP contribution in [0.5, 0.6) is 5.75 Å². The van der Waals surface area contributed by atoms with Crippen LogP contribution in [0, 0.1) is 0 Å². The van der Waals surface area contributed by atoms with Crippen molar-refractivity contribution in [3.8, 4) is 5.75 Å². The number of halogens is 1. The Morgan fingerprint density at radius 3 is 2.79 bits per heavy atom. The molecule has 0 spiro atoms. The summed E-state index contributed by atoms with van der Waals surface area (Å²) in [7, 11) is 0. The maximum Gasteiger partial charge on any atom is 0.119 e. The molecule has 5 heteroatoms. The van der Waals surface area contributed by atoms with E-state index in [0.29, 0.717) is 12.5 Å². The van der Waals surface area contributed by atoms with Crippen LogP contribution in [0.3, 0.4) is 0 Å². The summed E-state index contributed by atoms with van der Waals surface area (Å²) < 4.78 is 7.48. The van der Waals surface area contributed by atoms with Gasteiger partial charge in [-0.3, -0.25) is 4.68 Å². The first-order valence-electron chi connectivity index (χ1n) is 6.51. The molecule has 0 fully saturated rings. The zero-order valence-electron chi connectivity index (χ0n) is 10.8. The van der Waals surface area contributed by atoms with E-state index < -0.39 is 0 Å². The van der Waals surface area contributed by atoms with Crippen molar-refractivity contribution < 1.29 is 4.74 Å². The lowest BCUT2D eigenvalue weighted by molar-refractivity contribution is 0.298. The second kappa shape index (κ2) is 7.79. The van der Waals surface area contributed by atoms with Gasteiger partial charge >= 0.3 is 0 Å². The lowest BCUT2D eigenvalue weighted by atomic mass is 10.3. The number of nitrogens with zero attached hydrogens (tertiary/aromatic N) is 3. The third kappa shape index (κ3) is 4.91. The Morgan fingerprint density at radius 1 is 1.16 bits per heavy atom. The highest BCUT2D eigenvalue weighted by Gasteiger charge is 2.00. The third-order valence-corrected chi connectivity index (χ3v) is 2.96. The zero-order chi connectivity index (χ0) is 13.3. The molecular formula is C14H18ClN3O. The van der Waals surface area contributed by atoms with Gasteiger partial charge in [0.15, 0.2) is 0 Å². The molecule has 0 amide bonds. The Bertz CT molecular complexity index is 473. The minimum atomic E-state index is 0.664. The Kier molecular flexibility index (Phi) is 5.69. The van der Waals surface area contributed by atoms with Gasteiger partial charge in [0.05, 0.1) is 12.3 Å². The molecule has 1 aromatic heterocycles. The summed E-state index contributed by atoms with van der Waals surface area (Å²) in [6.07, 6.45) is 4.73. The van der Waals surface area contributed by atoms with Crippen molar-refractivity contribution >= 4 is 11.6 Å². The number of benzene rings is 1. The molecule has 0 aliphatic rings. The van der Waals surface area contributed by atoms with Gasteiger partial charge in [-0.2, -0.15) is 0 Å². The molecule has 102 valence electrons. The molecule has 0 N–H and O–H groups in total. The van der Waals surface area contributed by atoms with Crippen LogP contribution in [-0.2, 0) is 13.0 Å². The quantitative estimate of drug-likeness (QED) is 0.551. The van der Waals surface area contributed by atoms with Crippen molar-refractivity contribution in [3.63, 3.8) is 0 Å². The van der Waals surface area contributed by atoms with Crippen LogP contribution >= 0.6 is 11.6 Å². The second-order valence-corrected chi connectivity index (χ2v) is 4.66. The Labute approximate surface area is 118 Å². The summed E-state index contributed by atoms with van der Waals surface area (Å²) in [6, 6.07) is 9.83. The molecule has 0 saturated carbocycles. The molecule has 19 heavy (non-hydrogen) atoms. The summed E-state index contributed by atoms with van der Waals surface area (Å²) in [5.41, 5.74) is 1.00. The van der Waals surface area contributed by atoms with E-state index >= 15 is 0 Å². The van der Waals surface area contributed by atoms with Crippen molar-refractivity contribution in [2.75, 3.05) is 12.5 Å². The molecule has 2 rings (SSSR count). The first-order chi connectivity index (χ1) is 9.38. The van der Waals surface area contributed by atoms with Crippen molar-refractivity contribution in [1.82, 2.24) is 15.0 Å². The summed E-state index contributed by atoms with van der Waals surface area (Å²) in [5, 5.41) is 8.19. The smallest absolute Gasteiger partial charge is 0.119 e. The summed E-state index contributed by atoms with van der Waals surface area (Å²) in [4.78, 5) is 0. The van der Waals surface area contributed by atoms with E-state index in [1.807, 2.05) is 41.2 Å². The minimum Gasteiger partial charge on any atom is -0.494 e. The maximum absolute atomic E-state index is 5.65. The number of alkyl halides is 1. The molecule has 1 heterocycles. The zero-order valence-corrected chi connectivity index (χ0v) is 11.6. The van der Waals surface area contributed by atoms with E-state index in [9.17, 15) is 0 Å². The van der Waals surface area contributed by atoms with E-state index in [0.717, 1.165) is 37.3 Å². The predicted molar refractivity (Wildman–Crippen MR) is 75.6 cm³/mol. The third-order valence-electron chi connectivity index (χ3n) is 2.70. The van der Waals surface area contributed by atoms with Crippen LogP contribution in [0.25, 0.3) is 0 Å². The number of para-hydroxylation sites is 1. The molecule has 0 bridgehead atoms. The average molecular weight is 280 g/mol. The monoisotopic (exact) mass is 279 g/mol. The summed E-state index contributed by atoms with van der Waals surface area (Å²) in [6.45, 7) is 1.50. The van der Waals surface area contributed by atoms with E-state index in [2.05, 4.69) is 10.3 Å². The number of hydrogen-bond donors (Lipinski definition) is 0. The highest BCUT2D eigenvalue weighted by Crippen LogP contribution is 2.08. The largest absolute Gasteiger partial charge is 0.494 e. The molecule has 0 unspecified atom stereocenters. The van der Waals surface area contributed by atoms with E-state index in [1.54, 1.807) is 0 Å². The number of aryl methyl sites for hydroxylation is 2. The normalized spacial score (nSPS) is 10.6. The number of hydrogen-bond acceptors (Lipinski definition) is 3. The lowest BCUT2D eigenvalue weighted by Gasteiger charge is -2.05. The lowest BCUT2D eigenvalue weighted by Crippen LogP contribution is -2.05. The van der Waals surface area contributed by atoms with Crippen molar-refractivity contribution in [2.45, 2.75) is 25.8 Å². The average Bonchev–Trinajstić information content (AvgIpc) is 2.90. The standard InChI is InChI=1S/C14H18ClN3O/c15-9-4-6-13-12-18(17-16-13)10-5-11-19-14-7-2-1-3-8-14/h1-3,7-8,12H,4-6,9-11H2. The van der Waals surface area contributed by atoms with E-state index in [1.165, 1.54) is 0 Å². The van der Waals surface area contributed by atoms with Crippen molar-refractivity contribution in [3.05, 3.63) is 42.2 Å². The van der Waals surface area contributed by atoms with Crippen LogP contribution in [0.1, 0.15) is 18.5 Å². The molecule has 0 aliphatic carbocycles. The van der Waals surface area contributed by atoms with Crippen molar-refractivity contribution in [2.24, 2.45) is 0 Å². The fraction of sp³-hybridized carbons (Fsp3) is 0.429. The highest BCUT2D eigenvalue weighted by molar-refractivity contribution is 6.17. The number of rotatable bonds is 8. The fourth-order valence-electron chi connectivity index (χ4n) is 1.74. The number of aromatic nitrogens is 3. The highest BCUT2D eigenvalue weighted by atomic mass is 35.5. The molecular weight excluding hydrogens is 262 g/mol. The number of ether oxygens (including phenoxy) is 1. The minimum absolute atomic E-state index is 0.664. The van der Waals surface area contributed by atoms with E-state index in [-0.39, 0.29) is 0 Å². The second-order valence-electron chi connectivity index (χ2n) is 4.28. The molecule has 1 aromatic carbocycles. The van der Waals surface area contributed by atoms with Gasteiger partial charge in [-0.1, -0.05) is 23.4 Å². The Morgan fingerprint density at radius 2 is 2.00 bits per heavy atom. The molecule has 0 aliphatic heterocycles. The molecule has 0 radical (unpaired) electrons. The van der Waals surface area contributed by atoms with Gasteiger partial charge in [-0.25, -0.2) is 0 Å². The first-order valence-corrected chi connectivity index (χ1v) is 7.05. The van der Waals surface area contributed by atoms with Gasteiger partial charge < -0.3 is 4.74 Å². The SMILES string of the molecule is ClCCCc1cn(CCCOc2ccccc2)nn1. The van der Waals surface area contributed by atoms with Crippen LogP contribution in [0.2, 0.25) is 0 Å². The summed E-state index contributed by atoms with van der Waals surface area (Å²) >= 11 is 5.65. The Hall–Kier alpha value is -1.55. The van der Waals surface area contributed by atoms with Gasteiger partial charge in [0.25, 0.3) is 0 Å². The Balaban J connectivity index is 1.66. The van der Waals surface area contributed by atoms with Crippen LogP contribution < -0.4 is 4.74 Å². The van der Waals surface area contributed by atoms with Gasteiger partial charge in [-0.15, -0.1) is 16.7 Å². The maximum atomic E-state index is 5.65. The van der Waals surface area contributed by atoms with Crippen molar-refractivity contribution in [1.29, 1.82) is 0 Å². The first kappa shape index (κ1) is 13.9. The fourth-order valence-corrected chi connectivity index (χ4v) is 1.88. The molecule has 0 saturated heterocycles. The predicted octanol–water partition coefficient (Wildman–Crippen LogP) is 2.92. The van der Waals surface area contributed by atoms with Crippen LogP contribution in [0.15, 0.2) is 36.5 Å². The van der Waals surface area contributed by atoms with Crippen LogP contribution in [-0.4, -0.2) is 27.5 Å².